The molecule has 1 aliphatic carbocycles. The predicted molar refractivity (Wildman–Crippen MR) is 60.8 cm³/mol. The Bertz CT molecular complexity index is 432. The maximum Gasteiger partial charge on any atom is 0.341 e. The second kappa shape index (κ2) is 4.16. The van der Waals surface area contributed by atoms with Crippen LogP contribution < -0.4 is 5.73 Å². The van der Waals surface area contributed by atoms with Crippen LogP contribution in [-0.4, -0.2) is 30.8 Å². The SMILES string of the molecule is COC(=O)c1cc(C2(CN)CC(O)C2)oc1C. The van der Waals surface area contributed by atoms with Crippen molar-refractivity contribution >= 4 is 5.97 Å². The van der Waals surface area contributed by atoms with Crippen molar-refractivity contribution in [2.75, 3.05) is 13.7 Å². The summed E-state index contributed by atoms with van der Waals surface area (Å²) in [5.74, 6) is 0.786. The fourth-order valence-electron chi connectivity index (χ4n) is 2.37. The van der Waals surface area contributed by atoms with Gasteiger partial charge in [-0.2, -0.15) is 0 Å². The highest BCUT2D eigenvalue weighted by Gasteiger charge is 2.46. The molecule has 1 fully saturated rings. The van der Waals surface area contributed by atoms with E-state index in [1.165, 1.54) is 7.11 Å². The number of hydrogen-bond acceptors (Lipinski definition) is 5. The number of carbonyl (C=O) groups is 1. The minimum absolute atomic E-state index is 0.323. The van der Waals surface area contributed by atoms with Gasteiger partial charge in [-0.3, -0.25) is 0 Å². The molecule has 1 aromatic rings. The number of aliphatic hydroxyl groups excluding tert-OH is 1. The standard InChI is InChI=1S/C12H17NO4/c1-7-9(11(15)16-2)3-10(17-7)12(6-13)4-8(14)5-12/h3,8,14H,4-6,13H2,1-2H3. The fraction of sp³-hybridized carbons (Fsp3) is 0.583. The first-order valence-corrected chi connectivity index (χ1v) is 5.60. The van der Waals surface area contributed by atoms with E-state index < -0.39 is 5.97 Å². The second-order valence-electron chi connectivity index (χ2n) is 4.62. The molecule has 5 heteroatoms. The third-order valence-electron chi connectivity index (χ3n) is 3.49. The molecule has 1 aromatic heterocycles. The van der Waals surface area contributed by atoms with Gasteiger partial charge in [-0.1, -0.05) is 0 Å². The van der Waals surface area contributed by atoms with Gasteiger partial charge in [0.15, 0.2) is 0 Å². The number of nitrogens with two attached hydrogens (primary N) is 1. The number of ether oxygens (including phenoxy) is 1. The van der Waals surface area contributed by atoms with Gasteiger partial charge in [0.05, 0.1) is 13.2 Å². The van der Waals surface area contributed by atoms with Crippen LogP contribution in [0.5, 0.6) is 0 Å². The molecule has 5 nitrogen and oxygen atoms in total. The summed E-state index contributed by atoms with van der Waals surface area (Å²) < 4.78 is 10.3. The van der Waals surface area contributed by atoms with E-state index in [-0.39, 0.29) is 11.5 Å². The van der Waals surface area contributed by atoms with E-state index in [9.17, 15) is 9.90 Å². The number of methoxy groups -OCH3 is 1. The number of esters is 1. The van der Waals surface area contributed by atoms with Gasteiger partial charge in [-0.25, -0.2) is 4.79 Å². The molecule has 0 atom stereocenters. The number of furan rings is 1. The Morgan fingerprint density at radius 3 is 2.82 bits per heavy atom. The molecule has 17 heavy (non-hydrogen) atoms. The molecule has 1 aliphatic rings. The number of aryl methyl sites for hydroxylation is 1. The lowest BCUT2D eigenvalue weighted by Gasteiger charge is -2.42. The van der Waals surface area contributed by atoms with Crippen LogP contribution in [0.4, 0.5) is 0 Å². The molecule has 3 N–H and O–H groups in total. The lowest BCUT2D eigenvalue weighted by atomic mass is 9.65. The summed E-state index contributed by atoms with van der Waals surface area (Å²) >= 11 is 0. The van der Waals surface area contributed by atoms with Crippen molar-refractivity contribution in [2.24, 2.45) is 5.73 Å². The summed E-state index contributed by atoms with van der Waals surface area (Å²) in [7, 11) is 1.33. The molecule has 0 spiro atoms. The molecule has 1 heterocycles. The smallest absolute Gasteiger partial charge is 0.341 e. The third-order valence-corrected chi connectivity index (χ3v) is 3.49. The average molecular weight is 239 g/mol. The average Bonchev–Trinajstić information content (AvgIpc) is 2.66. The van der Waals surface area contributed by atoms with E-state index in [4.69, 9.17) is 10.2 Å². The van der Waals surface area contributed by atoms with E-state index in [1.807, 2.05) is 0 Å². The number of carbonyl (C=O) groups excluding carboxylic acids is 1. The van der Waals surface area contributed by atoms with Gasteiger partial charge < -0.3 is 20.0 Å². The van der Waals surface area contributed by atoms with Gasteiger partial charge in [0, 0.05) is 12.0 Å². The molecule has 0 amide bonds. The zero-order valence-corrected chi connectivity index (χ0v) is 10.0. The highest BCUT2D eigenvalue weighted by atomic mass is 16.5. The predicted octanol–water partition coefficient (Wildman–Crippen LogP) is 0.726. The molecule has 2 rings (SSSR count). The Morgan fingerprint density at radius 1 is 1.71 bits per heavy atom. The first-order valence-electron chi connectivity index (χ1n) is 5.60. The molecular formula is C12H17NO4. The quantitative estimate of drug-likeness (QED) is 0.759. The van der Waals surface area contributed by atoms with Crippen molar-refractivity contribution < 1.29 is 19.1 Å². The lowest BCUT2D eigenvalue weighted by molar-refractivity contribution is 0.0111. The Kier molecular flexibility index (Phi) is 2.97. The van der Waals surface area contributed by atoms with E-state index in [0.29, 0.717) is 36.5 Å². The molecule has 0 aromatic carbocycles. The Labute approximate surface area is 99.5 Å². The fourth-order valence-corrected chi connectivity index (χ4v) is 2.37. The van der Waals surface area contributed by atoms with E-state index in [2.05, 4.69) is 4.74 Å². The largest absolute Gasteiger partial charge is 0.465 e. The van der Waals surface area contributed by atoms with Crippen LogP contribution in [-0.2, 0) is 10.2 Å². The van der Waals surface area contributed by atoms with Crippen LogP contribution in [0.15, 0.2) is 10.5 Å². The van der Waals surface area contributed by atoms with Crippen molar-refractivity contribution in [3.05, 3.63) is 23.2 Å². The van der Waals surface area contributed by atoms with Crippen molar-refractivity contribution in [1.82, 2.24) is 0 Å². The molecule has 0 saturated heterocycles. The van der Waals surface area contributed by atoms with Crippen molar-refractivity contribution in [3.63, 3.8) is 0 Å². The molecule has 94 valence electrons. The van der Waals surface area contributed by atoms with Crippen LogP contribution in [0.3, 0.4) is 0 Å². The number of aliphatic hydroxyl groups is 1. The second-order valence-corrected chi connectivity index (χ2v) is 4.62. The monoisotopic (exact) mass is 239 g/mol. The van der Waals surface area contributed by atoms with Crippen LogP contribution in [0.25, 0.3) is 0 Å². The van der Waals surface area contributed by atoms with Crippen LogP contribution >= 0.6 is 0 Å². The highest BCUT2D eigenvalue weighted by molar-refractivity contribution is 5.90. The molecular weight excluding hydrogens is 222 g/mol. The van der Waals surface area contributed by atoms with Crippen LogP contribution in [0.1, 0.15) is 34.7 Å². The van der Waals surface area contributed by atoms with E-state index >= 15 is 0 Å². The molecule has 1 saturated carbocycles. The summed E-state index contributed by atoms with van der Waals surface area (Å²) in [4.78, 5) is 11.5. The zero-order valence-electron chi connectivity index (χ0n) is 10.0. The van der Waals surface area contributed by atoms with Crippen molar-refractivity contribution in [2.45, 2.75) is 31.3 Å². The molecule has 0 radical (unpaired) electrons. The van der Waals surface area contributed by atoms with Gasteiger partial charge in [-0.15, -0.1) is 0 Å². The van der Waals surface area contributed by atoms with Crippen LogP contribution in [0, 0.1) is 6.92 Å². The summed E-state index contributed by atoms with van der Waals surface area (Å²) in [6, 6.07) is 1.68. The summed E-state index contributed by atoms with van der Waals surface area (Å²) in [5, 5.41) is 9.42. The maximum atomic E-state index is 11.5. The van der Waals surface area contributed by atoms with Gasteiger partial charge in [-0.05, 0) is 25.8 Å². The highest BCUT2D eigenvalue weighted by Crippen LogP contribution is 2.44. The Hall–Kier alpha value is -1.33. The van der Waals surface area contributed by atoms with E-state index in [1.54, 1.807) is 13.0 Å². The Morgan fingerprint density at radius 2 is 2.35 bits per heavy atom. The topological polar surface area (TPSA) is 85.7 Å². The number of rotatable bonds is 3. The zero-order chi connectivity index (χ0) is 12.6. The summed E-state index contributed by atoms with van der Waals surface area (Å²) in [6.45, 7) is 2.12. The third kappa shape index (κ3) is 1.85. The van der Waals surface area contributed by atoms with Crippen LogP contribution in [0.2, 0.25) is 0 Å². The van der Waals surface area contributed by atoms with Gasteiger partial charge in [0.1, 0.15) is 17.1 Å². The number of hydrogen-bond donors (Lipinski definition) is 2. The maximum absolute atomic E-state index is 11.5. The van der Waals surface area contributed by atoms with Gasteiger partial charge in [0.2, 0.25) is 0 Å². The van der Waals surface area contributed by atoms with Crippen molar-refractivity contribution in [1.29, 1.82) is 0 Å². The van der Waals surface area contributed by atoms with Gasteiger partial charge >= 0.3 is 5.97 Å². The molecule has 0 aliphatic heterocycles. The van der Waals surface area contributed by atoms with E-state index in [0.717, 1.165) is 0 Å². The summed E-state index contributed by atoms with van der Waals surface area (Å²) in [5.41, 5.74) is 5.85. The summed E-state index contributed by atoms with van der Waals surface area (Å²) in [6.07, 6.45) is 0.833. The lowest BCUT2D eigenvalue weighted by Crippen LogP contribution is -2.49. The van der Waals surface area contributed by atoms with Crippen molar-refractivity contribution in [3.8, 4) is 0 Å². The Balaban J connectivity index is 2.31. The minimum Gasteiger partial charge on any atom is -0.465 e. The first kappa shape index (κ1) is 12.1. The normalized spacial score (nSPS) is 27.6. The minimum atomic E-state index is -0.412. The first-order chi connectivity index (χ1) is 8.02. The molecule has 0 bridgehead atoms. The molecule has 0 unspecified atom stereocenters. The van der Waals surface area contributed by atoms with Gasteiger partial charge in [0.25, 0.3) is 0 Å².